The number of ether oxygens (including phenoxy) is 1. The number of rotatable bonds is 4. The van der Waals surface area contributed by atoms with Gasteiger partial charge in [0.25, 0.3) is 0 Å². The van der Waals surface area contributed by atoms with Crippen molar-refractivity contribution in [1.82, 2.24) is 4.90 Å². The molecule has 1 aliphatic heterocycles. The number of carbonyl (C=O) groups is 2. The fourth-order valence-electron chi connectivity index (χ4n) is 2.59. The second-order valence-electron chi connectivity index (χ2n) is 5.15. The maximum absolute atomic E-state index is 12.5. The lowest BCUT2D eigenvalue weighted by molar-refractivity contribution is -0.156. The maximum Gasteiger partial charge on any atom is 0.328 e. The highest BCUT2D eigenvalue weighted by atomic mass is 79.9. The van der Waals surface area contributed by atoms with Crippen LogP contribution in [0.1, 0.15) is 31.7 Å². The summed E-state index contributed by atoms with van der Waals surface area (Å²) in [6.07, 6.45) is 2.93. The molecule has 0 aromatic heterocycles. The van der Waals surface area contributed by atoms with Gasteiger partial charge in [0.2, 0.25) is 5.91 Å². The third kappa shape index (κ3) is 4.30. The molecule has 1 heterocycles. The standard InChI is InChI=1S/C16H20BrNO3/c1-2-21-16(20)14-5-3-4-10-18(14)15(19)11-12-6-8-13(17)9-7-12/h6-9,14H,2-5,10-11H2,1H3. The number of likely N-dealkylation sites (tertiary alicyclic amines) is 1. The summed E-state index contributed by atoms with van der Waals surface area (Å²) < 4.78 is 6.08. The number of hydrogen-bond acceptors (Lipinski definition) is 3. The van der Waals surface area contributed by atoms with Crippen LogP contribution in [0.2, 0.25) is 0 Å². The molecule has 1 saturated heterocycles. The zero-order chi connectivity index (χ0) is 15.2. The van der Waals surface area contributed by atoms with E-state index in [0.717, 1.165) is 22.9 Å². The monoisotopic (exact) mass is 353 g/mol. The van der Waals surface area contributed by atoms with Crippen LogP contribution in [0.3, 0.4) is 0 Å². The van der Waals surface area contributed by atoms with Gasteiger partial charge in [0, 0.05) is 11.0 Å². The van der Waals surface area contributed by atoms with Crippen LogP contribution in [0.5, 0.6) is 0 Å². The maximum atomic E-state index is 12.5. The second kappa shape index (κ2) is 7.59. The first-order chi connectivity index (χ1) is 10.1. The van der Waals surface area contributed by atoms with E-state index in [1.807, 2.05) is 24.3 Å². The molecule has 4 nitrogen and oxygen atoms in total. The molecule has 21 heavy (non-hydrogen) atoms. The smallest absolute Gasteiger partial charge is 0.328 e. The van der Waals surface area contributed by atoms with E-state index in [1.165, 1.54) is 0 Å². The Bertz CT molecular complexity index is 501. The lowest BCUT2D eigenvalue weighted by atomic mass is 10.0. The van der Waals surface area contributed by atoms with Gasteiger partial charge in [-0.25, -0.2) is 4.79 Å². The van der Waals surface area contributed by atoms with Gasteiger partial charge < -0.3 is 9.64 Å². The van der Waals surface area contributed by atoms with Crippen molar-refractivity contribution in [1.29, 1.82) is 0 Å². The number of esters is 1. The Morgan fingerprint density at radius 3 is 2.67 bits per heavy atom. The highest BCUT2D eigenvalue weighted by Crippen LogP contribution is 2.20. The van der Waals surface area contributed by atoms with Crippen LogP contribution < -0.4 is 0 Å². The first-order valence-corrected chi connectivity index (χ1v) is 8.11. The van der Waals surface area contributed by atoms with Crippen LogP contribution in [-0.4, -0.2) is 36.0 Å². The Hall–Kier alpha value is -1.36. The summed E-state index contributed by atoms with van der Waals surface area (Å²) in [5.41, 5.74) is 0.955. The van der Waals surface area contributed by atoms with Gasteiger partial charge in [0.1, 0.15) is 6.04 Å². The number of benzene rings is 1. The zero-order valence-electron chi connectivity index (χ0n) is 12.2. The van der Waals surface area contributed by atoms with Crippen molar-refractivity contribution in [3.63, 3.8) is 0 Å². The average Bonchev–Trinajstić information content (AvgIpc) is 2.50. The molecule has 2 rings (SSSR count). The molecule has 0 N–H and O–H groups in total. The summed E-state index contributed by atoms with van der Waals surface area (Å²) in [4.78, 5) is 26.1. The number of halogens is 1. The lowest BCUT2D eigenvalue weighted by Crippen LogP contribution is -2.49. The van der Waals surface area contributed by atoms with Gasteiger partial charge in [-0.3, -0.25) is 4.79 Å². The highest BCUT2D eigenvalue weighted by molar-refractivity contribution is 9.10. The largest absolute Gasteiger partial charge is 0.464 e. The molecule has 1 aromatic rings. The van der Waals surface area contributed by atoms with Crippen LogP contribution in [0, 0.1) is 0 Å². The molecule has 0 aliphatic carbocycles. The van der Waals surface area contributed by atoms with Crippen molar-refractivity contribution in [3.05, 3.63) is 34.3 Å². The van der Waals surface area contributed by atoms with Gasteiger partial charge in [-0.05, 0) is 43.9 Å². The van der Waals surface area contributed by atoms with E-state index in [4.69, 9.17) is 4.74 Å². The van der Waals surface area contributed by atoms with Crippen molar-refractivity contribution >= 4 is 27.8 Å². The van der Waals surface area contributed by atoms with Crippen molar-refractivity contribution in [2.75, 3.05) is 13.2 Å². The summed E-state index contributed by atoms with van der Waals surface area (Å²) in [7, 11) is 0. The Labute approximate surface area is 133 Å². The van der Waals surface area contributed by atoms with Crippen molar-refractivity contribution in [3.8, 4) is 0 Å². The Kier molecular flexibility index (Phi) is 5.79. The number of piperidine rings is 1. The number of hydrogen-bond donors (Lipinski definition) is 0. The molecule has 5 heteroatoms. The van der Waals surface area contributed by atoms with Crippen LogP contribution in [0.15, 0.2) is 28.7 Å². The van der Waals surface area contributed by atoms with Gasteiger partial charge >= 0.3 is 5.97 Å². The normalized spacial score (nSPS) is 18.4. The Morgan fingerprint density at radius 2 is 2.00 bits per heavy atom. The van der Waals surface area contributed by atoms with Crippen LogP contribution >= 0.6 is 15.9 Å². The lowest BCUT2D eigenvalue weighted by Gasteiger charge is -2.34. The fraction of sp³-hybridized carbons (Fsp3) is 0.500. The molecular formula is C16H20BrNO3. The molecule has 1 aromatic carbocycles. The molecule has 0 bridgehead atoms. The van der Waals surface area contributed by atoms with E-state index < -0.39 is 6.04 Å². The van der Waals surface area contributed by atoms with Gasteiger partial charge in [-0.2, -0.15) is 0 Å². The van der Waals surface area contributed by atoms with Gasteiger partial charge in [-0.1, -0.05) is 28.1 Å². The highest BCUT2D eigenvalue weighted by Gasteiger charge is 2.32. The number of carbonyl (C=O) groups excluding carboxylic acids is 2. The molecular weight excluding hydrogens is 334 g/mol. The molecule has 0 saturated carbocycles. The third-order valence-electron chi connectivity index (χ3n) is 3.65. The SMILES string of the molecule is CCOC(=O)C1CCCCN1C(=O)Cc1ccc(Br)cc1. The van der Waals surface area contributed by atoms with E-state index in [9.17, 15) is 9.59 Å². The van der Waals surface area contributed by atoms with Gasteiger partial charge in [0.05, 0.1) is 13.0 Å². The fourth-order valence-corrected chi connectivity index (χ4v) is 2.86. The Morgan fingerprint density at radius 1 is 1.29 bits per heavy atom. The van der Waals surface area contributed by atoms with E-state index in [1.54, 1.807) is 11.8 Å². The van der Waals surface area contributed by atoms with Crippen LogP contribution in [0.25, 0.3) is 0 Å². The predicted octanol–water partition coefficient (Wildman–Crippen LogP) is 2.94. The summed E-state index contributed by atoms with van der Waals surface area (Å²) in [6.45, 7) is 2.78. The minimum absolute atomic E-state index is 0.00456. The van der Waals surface area contributed by atoms with E-state index in [0.29, 0.717) is 26.0 Å². The summed E-state index contributed by atoms with van der Waals surface area (Å²) in [6, 6.07) is 7.27. The minimum Gasteiger partial charge on any atom is -0.464 e. The third-order valence-corrected chi connectivity index (χ3v) is 4.18. The summed E-state index contributed by atoms with van der Waals surface area (Å²) in [5, 5.41) is 0. The van der Waals surface area contributed by atoms with Crippen molar-refractivity contribution in [2.45, 2.75) is 38.6 Å². The zero-order valence-corrected chi connectivity index (χ0v) is 13.8. The minimum atomic E-state index is -0.415. The predicted molar refractivity (Wildman–Crippen MR) is 83.8 cm³/mol. The van der Waals surface area contributed by atoms with Crippen LogP contribution in [0.4, 0.5) is 0 Å². The van der Waals surface area contributed by atoms with Crippen molar-refractivity contribution in [2.24, 2.45) is 0 Å². The summed E-state index contributed by atoms with van der Waals surface area (Å²) in [5.74, 6) is -0.281. The quantitative estimate of drug-likeness (QED) is 0.781. The van der Waals surface area contributed by atoms with Gasteiger partial charge in [0.15, 0.2) is 0 Å². The summed E-state index contributed by atoms with van der Waals surface area (Å²) >= 11 is 3.38. The molecule has 1 amide bonds. The average molecular weight is 354 g/mol. The molecule has 1 atom stereocenters. The molecule has 0 spiro atoms. The molecule has 0 radical (unpaired) electrons. The number of amides is 1. The first kappa shape index (κ1) is 16.0. The molecule has 1 fully saturated rings. The van der Waals surface area contributed by atoms with E-state index >= 15 is 0 Å². The molecule has 114 valence electrons. The van der Waals surface area contributed by atoms with Crippen molar-refractivity contribution < 1.29 is 14.3 Å². The van der Waals surface area contributed by atoms with Crippen LogP contribution in [-0.2, 0) is 20.7 Å². The topological polar surface area (TPSA) is 46.6 Å². The molecule has 1 aliphatic rings. The first-order valence-electron chi connectivity index (χ1n) is 7.32. The van der Waals surface area contributed by atoms with Gasteiger partial charge in [-0.15, -0.1) is 0 Å². The number of nitrogens with zero attached hydrogens (tertiary/aromatic N) is 1. The van der Waals surface area contributed by atoms with E-state index in [-0.39, 0.29) is 11.9 Å². The molecule has 1 unspecified atom stereocenters. The Balaban J connectivity index is 2.04. The van der Waals surface area contributed by atoms with E-state index in [2.05, 4.69) is 15.9 Å². The second-order valence-corrected chi connectivity index (χ2v) is 6.07.